The van der Waals surface area contributed by atoms with E-state index in [1.807, 2.05) is 19.1 Å². The molecule has 0 bridgehead atoms. The zero-order valence-electron chi connectivity index (χ0n) is 16.4. The third-order valence-corrected chi connectivity index (χ3v) is 7.77. The average Bonchev–Trinajstić information content (AvgIpc) is 3.36. The second-order valence-electron chi connectivity index (χ2n) is 8.17. The number of benzene rings is 1. The summed E-state index contributed by atoms with van der Waals surface area (Å²) in [5.74, 6) is 0.0838. The molecule has 4 rings (SSSR count). The van der Waals surface area contributed by atoms with Crippen molar-refractivity contribution in [1.82, 2.24) is 15.1 Å². The lowest BCUT2D eigenvalue weighted by molar-refractivity contribution is 0.0931. The summed E-state index contributed by atoms with van der Waals surface area (Å²) < 4.78 is 25.8. The van der Waals surface area contributed by atoms with Crippen LogP contribution in [0.4, 0.5) is 0 Å². The zero-order chi connectivity index (χ0) is 19.9. The predicted molar refractivity (Wildman–Crippen MR) is 109 cm³/mol. The van der Waals surface area contributed by atoms with E-state index in [9.17, 15) is 13.2 Å². The standard InChI is InChI=1S/C21H27N3O3S/c1-14-7-8-16(11-15(14)2)20-12-19(21(25)22-17-5-3-4-6-17)23-24(20)18-9-10-28(26,27)13-18/h7-8,11-12,17-18H,3-6,9-10,13H2,1-2H3,(H,22,25). The molecule has 2 fully saturated rings. The van der Waals surface area contributed by atoms with Gasteiger partial charge < -0.3 is 5.32 Å². The van der Waals surface area contributed by atoms with Crippen molar-refractivity contribution in [2.75, 3.05) is 11.5 Å². The van der Waals surface area contributed by atoms with Crippen molar-refractivity contribution >= 4 is 15.7 Å². The summed E-state index contributed by atoms with van der Waals surface area (Å²) in [7, 11) is -3.05. The van der Waals surface area contributed by atoms with Crippen LogP contribution >= 0.6 is 0 Å². The maximum absolute atomic E-state index is 12.8. The van der Waals surface area contributed by atoms with Gasteiger partial charge in [-0.2, -0.15) is 5.10 Å². The van der Waals surface area contributed by atoms with E-state index >= 15 is 0 Å². The number of amides is 1. The number of carbonyl (C=O) groups is 1. The first-order valence-corrected chi connectivity index (χ1v) is 11.8. The molecule has 1 N–H and O–H groups in total. The van der Waals surface area contributed by atoms with Crippen LogP contribution in [-0.2, 0) is 9.84 Å². The molecule has 1 aromatic carbocycles. The Morgan fingerprint density at radius 1 is 1.11 bits per heavy atom. The van der Waals surface area contributed by atoms with E-state index in [2.05, 4.69) is 23.4 Å². The number of hydrogen-bond acceptors (Lipinski definition) is 4. The Morgan fingerprint density at radius 2 is 1.86 bits per heavy atom. The maximum Gasteiger partial charge on any atom is 0.272 e. The fourth-order valence-corrected chi connectivity index (χ4v) is 5.89. The van der Waals surface area contributed by atoms with Crippen molar-refractivity contribution in [1.29, 1.82) is 0 Å². The van der Waals surface area contributed by atoms with E-state index in [4.69, 9.17) is 0 Å². The van der Waals surface area contributed by atoms with E-state index in [1.165, 1.54) is 5.56 Å². The van der Waals surface area contributed by atoms with Crippen LogP contribution in [0.5, 0.6) is 0 Å². The summed E-state index contributed by atoms with van der Waals surface area (Å²) in [4.78, 5) is 12.8. The summed E-state index contributed by atoms with van der Waals surface area (Å²) in [6, 6.07) is 7.93. The Bertz CT molecular complexity index is 1000. The molecule has 28 heavy (non-hydrogen) atoms. The number of sulfone groups is 1. The summed E-state index contributed by atoms with van der Waals surface area (Å²) in [5, 5.41) is 7.65. The monoisotopic (exact) mass is 401 g/mol. The van der Waals surface area contributed by atoms with E-state index in [-0.39, 0.29) is 29.5 Å². The number of carbonyl (C=O) groups excluding carboxylic acids is 1. The Labute approximate surface area is 166 Å². The van der Waals surface area contributed by atoms with Crippen LogP contribution in [0.25, 0.3) is 11.3 Å². The van der Waals surface area contributed by atoms with Gasteiger partial charge in [-0.25, -0.2) is 8.42 Å². The zero-order valence-corrected chi connectivity index (χ0v) is 17.3. The van der Waals surface area contributed by atoms with E-state index in [1.54, 1.807) is 10.7 Å². The van der Waals surface area contributed by atoms with E-state index in [0.717, 1.165) is 42.5 Å². The van der Waals surface area contributed by atoms with Crippen molar-refractivity contribution in [2.45, 2.75) is 58.0 Å². The van der Waals surface area contributed by atoms with Crippen LogP contribution in [0.3, 0.4) is 0 Å². The summed E-state index contributed by atoms with van der Waals surface area (Å²) in [5.41, 5.74) is 4.48. The lowest BCUT2D eigenvalue weighted by atomic mass is 10.0. The quantitative estimate of drug-likeness (QED) is 0.853. The van der Waals surface area contributed by atoms with Crippen molar-refractivity contribution in [2.24, 2.45) is 0 Å². The second kappa shape index (κ2) is 7.35. The van der Waals surface area contributed by atoms with Gasteiger partial charge in [0.1, 0.15) is 0 Å². The molecule has 1 saturated heterocycles. The first kappa shape index (κ1) is 19.2. The topological polar surface area (TPSA) is 81.1 Å². The fraction of sp³-hybridized carbons (Fsp3) is 0.524. The third kappa shape index (κ3) is 3.85. The number of nitrogens with one attached hydrogen (secondary N) is 1. The van der Waals surface area contributed by atoms with Crippen molar-refractivity contribution < 1.29 is 13.2 Å². The highest BCUT2D eigenvalue weighted by Crippen LogP contribution is 2.31. The molecule has 2 aromatic rings. The molecule has 6 nitrogen and oxygen atoms in total. The number of aryl methyl sites for hydroxylation is 2. The lowest BCUT2D eigenvalue weighted by Gasteiger charge is -2.14. The van der Waals surface area contributed by atoms with Gasteiger partial charge in [0, 0.05) is 11.6 Å². The Kier molecular flexibility index (Phi) is 5.04. The Balaban J connectivity index is 1.71. The molecular weight excluding hydrogens is 374 g/mol. The Morgan fingerprint density at radius 3 is 2.50 bits per heavy atom. The highest BCUT2D eigenvalue weighted by molar-refractivity contribution is 7.91. The highest BCUT2D eigenvalue weighted by Gasteiger charge is 2.32. The molecule has 2 aliphatic rings. The molecule has 1 aromatic heterocycles. The van der Waals surface area contributed by atoms with Crippen molar-refractivity contribution in [3.05, 3.63) is 41.1 Å². The first-order chi connectivity index (χ1) is 13.3. The van der Waals surface area contributed by atoms with Gasteiger partial charge in [-0.3, -0.25) is 9.48 Å². The van der Waals surface area contributed by atoms with Gasteiger partial charge in [-0.15, -0.1) is 0 Å². The van der Waals surface area contributed by atoms with Crippen LogP contribution in [0.1, 0.15) is 59.8 Å². The smallest absolute Gasteiger partial charge is 0.272 e. The first-order valence-electron chi connectivity index (χ1n) is 10.0. The van der Waals surface area contributed by atoms with Crippen LogP contribution in [-0.4, -0.2) is 41.7 Å². The number of aromatic nitrogens is 2. The maximum atomic E-state index is 12.8. The summed E-state index contributed by atoms with van der Waals surface area (Å²) >= 11 is 0. The van der Waals surface area contributed by atoms with Crippen LogP contribution in [0, 0.1) is 13.8 Å². The highest BCUT2D eigenvalue weighted by atomic mass is 32.2. The molecule has 1 unspecified atom stereocenters. The number of rotatable bonds is 4. The minimum atomic E-state index is -3.05. The van der Waals surface area contributed by atoms with Crippen molar-refractivity contribution in [3.63, 3.8) is 0 Å². The van der Waals surface area contributed by atoms with Crippen LogP contribution in [0.15, 0.2) is 24.3 Å². The van der Waals surface area contributed by atoms with Crippen LogP contribution < -0.4 is 5.32 Å². The number of hydrogen-bond donors (Lipinski definition) is 1. The van der Waals surface area contributed by atoms with Gasteiger partial charge in [0.05, 0.1) is 23.2 Å². The summed E-state index contributed by atoms with van der Waals surface area (Å²) in [6.45, 7) is 4.10. The van der Waals surface area contributed by atoms with E-state index in [0.29, 0.717) is 12.1 Å². The SMILES string of the molecule is Cc1ccc(-c2cc(C(=O)NC3CCCC3)nn2C2CCS(=O)(=O)C2)cc1C. The molecule has 2 heterocycles. The van der Waals surface area contributed by atoms with Crippen LogP contribution in [0.2, 0.25) is 0 Å². The third-order valence-electron chi connectivity index (χ3n) is 6.02. The molecular formula is C21H27N3O3S. The molecule has 1 aliphatic carbocycles. The lowest BCUT2D eigenvalue weighted by Crippen LogP contribution is -2.33. The molecule has 1 aliphatic heterocycles. The molecule has 7 heteroatoms. The van der Waals surface area contributed by atoms with Gasteiger partial charge in [-0.05, 0) is 56.4 Å². The molecule has 150 valence electrons. The van der Waals surface area contributed by atoms with Gasteiger partial charge in [0.15, 0.2) is 15.5 Å². The summed E-state index contributed by atoms with van der Waals surface area (Å²) in [6.07, 6.45) is 4.85. The molecule has 0 spiro atoms. The predicted octanol–water partition coefficient (Wildman–Crippen LogP) is 3.20. The van der Waals surface area contributed by atoms with Crippen molar-refractivity contribution in [3.8, 4) is 11.3 Å². The van der Waals surface area contributed by atoms with Gasteiger partial charge >= 0.3 is 0 Å². The molecule has 1 saturated carbocycles. The fourth-order valence-electron chi connectivity index (χ4n) is 4.20. The van der Waals surface area contributed by atoms with Gasteiger partial charge in [-0.1, -0.05) is 25.0 Å². The molecule has 1 atom stereocenters. The van der Waals surface area contributed by atoms with Gasteiger partial charge in [0.25, 0.3) is 5.91 Å². The molecule has 1 amide bonds. The minimum absolute atomic E-state index is 0.0796. The normalized spacial score (nSPS) is 21.9. The molecule has 0 radical (unpaired) electrons. The Hall–Kier alpha value is -2.15. The average molecular weight is 402 g/mol. The number of nitrogens with zero attached hydrogens (tertiary/aromatic N) is 2. The minimum Gasteiger partial charge on any atom is -0.348 e. The van der Waals surface area contributed by atoms with Gasteiger partial charge in [0.2, 0.25) is 0 Å². The largest absolute Gasteiger partial charge is 0.348 e. The second-order valence-corrected chi connectivity index (χ2v) is 10.4. The van der Waals surface area contributed by atoms with E-state index < -0.39 is 9.84 Å².